The molecule has 0 aliphatic carbocycles. The first-order valence-electron chi connectivity index (χ1n) is 9.30. The number of nitrogens with one attached hydrogen (secondary N) is 1. The molecule has 1 aliphatic heterocycles. The maximum atomic E-state index is 4.47. The third-order valence-electron chi connectivity index (χ3n) is 4.79. The van der Waals surface area contributed by atoms with E-state index in [9.17, 15) is 0 Å². The summed E-state index contributed by atoms with van der Waals surface area (Å²) in [4.78, 5) is 17.9. The summed E-state index contributed by atoms with van der Waals surface area (Å²) in [7, 11) is 0. The highest BCUT2D eigenvalue weighted by molar-refractivity contribution is 5.50. The molecule has 0 atom stereocenters. The van der Waals surface area contributed by atoms with Crippen molar-refractivity contribution in [3.8, 4) is 0 Å². The average Bonchev–Trinajstić information content (AvgIpc) is 2.73. The zero-order valence-electron chi connectivity index (χ0n) is 15.5. The molecule has 0 bridgehead atoms. The van der Waals surface area contributed by atoms with E-state index in [0.717, 1.165) is 50.2 Å². The number of nitrogens with zero attached hydrogens (tertiary/aromatic N) is 5. The van der Waals surface area contributed by atoms with Crippen LogP contribution in [0.15, 0.2) is 61.1 Å². The van der Waals surface area contributed by atoms with Crippen LogP contribution in [0.1, 0.15) is 11.1 Å². The Balaban J connectivity index is 1.37. The molecule has 4 rings (SSSR count). The van der Waals surface area contributed by atoms with Crippen LogP contribution in [0.4, 0.5) is 17.5 Å². The normalized spacial score (nSPS) is 14.3. The second-order valence-electron chi connectivity index (χ2n) is 6.77. The number of aryl methyl sites for hydroxylation is 1. The molecule has 0 radical (unpaired) electrons. The number of rotatable bonds is 5. The first-order chi connectivity index (χ1) is 13.3. The van der Waals surface area contributed by atoms with Crippen LogP contribution < -0.4 is 15.1 Å². The Morgan fingerprint density at radius 2 is 1.67 bits per heavy atom. The minimum absolute atomic E-state index is 0.756. The smallest absolute Gasteiger partial charge is 0.134 e. The molecule has 1 saturated heterocycles. The number of benzene rings is 1. The van der Waals surface area contributed by atoms with E-state index in [1.54, 1.807) is 6.33 Å². The van der Waals surface area contributed by atoms with E-state index in [4.69, 9.17) is 0 Å². The number of hydrogen-bond acceptors (Lipinski definition) is 6. The number of hydrogen-bond donors (Lipinski definition) is 1. The molecule has 6 nitrogen and oxygen atoms in total. The molecule has 0 spiro atoms. The first kappa shape index (κ1) is 17.3. The third-order valence-corrected chi connectivity index (χ3v) is 4.79. The SMILES string of the molecule is Cc1cccc(CNc2cc(N3CCN(c4ccccn4)CC3)ncn2)c1. The van der Waals surface area contributed by atoms with Gasteiger partial charge >= 0.3 is 0 Å². The Labute approximate surface area is 159 Å². The Morgan fingerprint density at radius 3 is 2.41 bits per heavy atom. The van der Waals surface area contributed by atoms with Crippen molar-refractivity contribution < 1.29 is 0 Å². The molecule has 0 unspecified atom stereocenters. The average molecular weight is 360 g/mol. The number of piperazine rings is 1. The van der Waals surface area contributed by atoms with Crippen LogP contribution in [0.2, 0.25) is 0 Å². The van der Waals surface area contributed by atoms with E-state index in [-0.39, 0.29) is 0 Å². The fourth-order valence-corrected chi connectivity index (χ4v) is 3.34. The molecule has 0 amide bonds. The zero-order chi connectivity index (χ0) is 18.5. The van der Waals surface area contributed by atoms with Crippen molar-refractivity contribution >= 4 is 17.5 Å². The van der Waals surface area contributed by atoms with Gasteiger partial charge in [-0.15, -0.1) is 0 Å². The maximum absolute atomic E-state index is 4.47. The van der Waals surface area contributed by atoms with Crippen molar-refractivity contribution in [1.29, 1.82) is 0 Å². The van der Waals surface area contributed by atoms with E-state index in [0.29, 0.717) is 0 Å². The lowest BCUT2D eigenvalue weighted by molar-refractivity contribution is 0.641. The van der Waals surface area contributed by atoms with Gasteiger partial charge in [0.05, 0.1) is 0 Å². The lowest BCUT2D eigenvalue weighted by atomic mass is 10.1. The van der Waals surface area contributed by atoms with E-state index in [2.05, 4.69) is 67.3 Å². The van der Waals surface area contributed by atoms with Crippen molar-refractivity contribution in [3.05, 3.63) is 72.2 Å². The number of pyridine rings is 1. The lowest BCUT2D eigenvalue weighted by Gasteiger charge is -2.36. The second kappa shape index (κ2) is 8.03. The van der Waals surface area contributed by atoms with Gasteiger partial charge in [-0.3, -0.25) is 0 Å². The van der Waals surface area contributed by atoms with Crippen molar-refractivity contribution in [2.45, 2.75) is 13.5 Å². The summed E-state index contributed by atoms with van der Waals surface area (Å²) in [5.41, 5.74) is 2.52. The first-order valence-corrected chi connectivity index (χ1v) is 9.30. The molecule has 1 fully saturated rings. The molecule has 1 aromatic carbocycles. The van der Waals surface area contributed by atoms with Gasteiger partial charge in [-0.25, -0.2) is 15.0 Å². The summed E-state index contributed by atoms with van der Waals surface area (Å²) in [5.74, 6) is 2.87. The summed E-state index contributed by atoms with van der Waals surface area (Å²) in [6.07, 6.45) is 3.48. The van der Waals surface area contributed by atoms with Crippen molar-refractivity contribution in [2.24, 2.45) is 0 Å². The standard InChI is InChI=1S/C21H24N6/c1-17-5-4-6-18(13-17)15-23-19-14-21(25-16-24-19)27-11-9-26(10-12-27)20-7-2-3-8-22-20/h2-8,13-14,16H,9-12,15H2,1H3,(H,23,24,25). The number of anilines is 3. The maximum Gasteiger partial charge on any atom is 0.134 e. The Bertz CT molecular complexity index is 875. The summed E-state index contributed by atoms with van der Waals surface area (Å²) < 4.78 is 0. The Hall–Kier alpha value is -3.15. The van der Waals surface area contributed by atoms with Crippen LogP contribution in [-0.2, 0) is 6.54 Å². The highest BCUT2D eigenvalue weighted by Crippen LogP contribution is 2.19. The van der Waals surface area contributed by atoms with Gasteiger partial charge in [-0.1, -0.05) is 35.9 Å². The van der Waals surface area contributed by atoms with Gasteiger partial charge in [0, 0.05) is 45.0 Å². The van der Waals surface area contributed by atoms with Crippen LogP contribution in [0.5, 0.6) is 0 Å². The molecule has 3 heterocycles. The van der Waals surface area contributed by atoms with Crippen molar-refractivity contribution in [3.63, 3.8) is 0 Å². The van der Waals surface area contributed by atoms with Gasteiger partial charge in [-0.05, 0) is 24.6 Å². The molecule has 138 valence electrons. The zero-order valence-corrected chi connectivity index (χ0v) is 15.5. The van der Waals surface area contributed by atoms with E-state index < -0.39 is 0 Å². The van der Waals surface area contributed by atoms with Gasteiger partial charge in [0.1, 0.15) is 23.8 Å². The van der Waals surface area contributed by atoms with E-state index in [1.807, 2.05) is 24.4 Å². The quantitative estimate of drug-likeness (QED) is 0.754. The predicted molar refractivity (Wildman–Crippen MR) is 109 cm³/mol. The summed E-state index contributed by atoms with van der Waals surface area (Å²) in [6.45, 7) is 6.58. The van der Waals surface area contributed by atoms with Gasteiger partial charge in [-0.2, -0.15) is 0 Å². The summed E-state index contributed by atoms with van der Waals surface area (Å²) in [6, 6.07) is 16.6. The molecule has 3 aromatic rings. The van der Waals surface area contributed by atoms with Crippen LogP contribution in [0.25, 0.3) is 0 Å². The van der Waals surface area contributed by atoms with Crippen LogP contribution >= 0.6 is 0 Å². The van der Waals surface area contributed by atoms with Gasteiger partial charge < -0.3 is 15.1 Å². The van der Waals surface area contributed by atoms with Gasteiger partial charge in [0.25, 0.3) is 0 Å². The highest BCUT2D eigenvalue weighted by Gasteiger charge is 2.19. The second-order valence-corrected chi connectivity index (χ2v) is 6.77. The van der Waals surface area contributed by atoms with Gasteiger partial charge in [0.2, 0.25) is 0 Å². The molecule has 27 heavy (non-hydrogen) atoms. The predicted octanol–water partition coefficient (Wildman–Crippen LogP) is 3.12. The monoisotopic (exact) mass is 360 g/mol. The topological polar surface area (TPSA) is 57.2 Å². The summed E-state index contributed by atoms with van der Waals surface area (Å²) in [5, 5.41) is 3.40. The van der Waals surface area contributed by atoms with Crippen LogP contribution in [0, 0.1) is 6.92 Å². The van der Waals surface area contributed by atoms with E-state index >= 15 is 0 Å². The molecule has 1 aliphatic rings. The van der Waals surface area contributed by atoms with Crippen LogP contribution in [0.3, 0.4) is 0 Å². The fourth-order valence-electron chi connectivity index (χ4n) is 3.34. The third kappa shape index (κ3) is 4.34. The fraction of sp³-hybridized carbons (Fsp3) is 0.286. The van der Waals surface area contributed by atoms with Crippen molar-refractivity contribution in [1.82, 2.24) is 15.0 Å². The Morgan fingerprint density at radius 1 is 0.852 bits per heavy atom. The highest BCUT2D eigenvalue weighted by atomic mass is 15.3. The minimum Gasteiger partial charge on any atom is -0.366 e. The summed E-state index contributed by atoms with van der Waals surface area (Å²) >= 11 is 0. The molecule has 6 heteroatoms. The molecule has 2 aromatic heterocycles. The van der Waals surface area contributed by atoms with Crippen molar-refractivity contribution in [2.75, 3.05) is 41.3 Å². The molecule has 0 saturated carbocycles. The minimum atomic E-state index is 0.756. The molecular formula is C21H24N6. The largest absolute Gasteiger partial charge is 0.366 e. The van der Waals surface area contributed by atoms with E-state index in [1.165, 1.54) is 11.1 Å². The van der Waals surface area contributed by atoms with Crippen LogP contribution in [-0.4, -0.2) is 41.1 Å². The lowest BCUT2D eigenvalue weighted by Crippen LogP contribution is -2.47. The Kier molecular flexibility index (Phi) is 5.14. The molecule has 1 N–H and O–H groups in total. The number of aromatic nitrogens is 3. The van der Waals surface area contributed by atoms with Gasteiger partial charge in [0.15, 0.2) is 0 Å². The molecular weight excluding hydrogens is 336 g/mol.